The number of aryl methyl sites for hydroxylation is 1. The van der Waals surface area contributed by atoms with E-state index >= 15 is 0 Å². The Morgan fingerprint density at radius 1 is 1.33 bits per heavy atom. The maximum atomic E-state index is 11.5. The van der Waals surface area contributed by atoms with Crippen LogP contribution in [-0.2, 0) is 6.42 Å². The average molecular weight is 269 g/mol. The van der Waals surface area contributed by atoms with E-state index in [9.17, 15) is 4.79 Å². The summed E-state index contributed by atoms with van der Waals surface area (Å²) in [7, 11) is 0. The van der Waals surface area contributed by atoms with Gasteiger partial charge in [-0.1, -0.05) is 39.0 Å². The molecule has 0 aromatic carbocycles. The maximum absolute atomic E-state index is 11.5. The molecule has 1 N–H and O–H groups in total. The fourth-order valence-corrected chi connectivity index (χ4v) is 2.64. The monoisotopic (exact) mass is 269 g/mol. The Morgan fingerprint density at radius 2 is 2.06 bits per heavy atom. The van der Waals surface area contributed by atoms with Gasteiger partial charge in [0.2, 0.25) is 0 Å². The molecule has 0 aliphatic rings. The molecule has 18 heavy (non-hydrogen) atoms. The second-order valence-electron chi connectivity index (χ2n) is 4.17. The van der Waals surface area contributed by atoms with E-state index in [-0.39, 0.29) is 5.56 Å². The van der Waals surface area contributed by atoms with Crippen molar-refractivity contribution in [3.05, 3.63) is 22.1 Å². The molecule has 0 aliphatic heterocycles. The van der Waals surface area contributed by atoms with Crippen LogP contribution in [0.3, 0.4) is 0 Å². The predicted octanol–water partition coefficient (Wildman–Crippen LogP) is 2.16. The molecule has 1 aromatic rings. The number of H-pyrrole nitrogens is 1. The molecule has 1 rings (SSSR count). The van der Waals surface area contributed by atoms with Crippen molar-refractivity contribution in [3.8, 4) is 0 Å². The number of hydrogen-bond donors (Lipinski definition) is 1. The molecular weight excluding hydrogens is 246 g/mol. The molecule has 5 heteroatoms. The van der Waals surface area contributed by atoms with E-state index in [0.29, 0.717) is 0 Å². The van der Waals surface area contributed by atoms with Gasteiger partial charge in [0.25, 0.3) is 5.56 Å². The standard InChI is InChI=1S/C13H23N3OS/c1-4-7-11-10-12(17)15-13(14-11)18-9-8-16(5-2)6-3/h10H,4-9H2,1-3H3,(H,14,15,17). The topological polar surface area (TPSA) is 49.0 Å². The number of thioether (sulfide) groups is 1. The van der Waals surface area contributed by atoms with Crippen LogP contribution in [0.2, 0.25) is 0 Å². The summed E-state index contributed by atoms with van der Waals surface area (Å²) in [6.07, 6.45) is 1.88. The van der Waals surface area contributed by atoms with Crippen molar-refractivity contribution in [1.29, 1.82) is 0 Å². The summed E-state index contributed by atoms with van der Waals surface area (Å²) in [5.74, 6) is 0.959. The van der Waals surface area contributed by atoms with Gasteiger partial charge in [-0.25, -0.2) is 4.98 Å². The Kier molecular flexibility index (Phi) is 7.05. The van der Waals surface area contributed by atoms with Gasteiger partial charge in [-0.15, -0.1) is 0 Å². The summed E-state index contributed by atoms with van der Waals surface area (Å²) < 4.78 is 0. The average Bonchev–Trinajstić information content (AvgIpc) is 2.34. The molecule has 1 heterocycles. The van der Waals surface area contributed by atoms with E-state index in [1.54, 1.807) is 17.8 Å². The van der Waals surface area contributed by atoms with E-state index in [2.05, 4.69) is 35.6 Å². The first-order valence-electron chi connectivity index (χ1n) is 6.65. The minimum Gasteiger partial charge on any atom is -0.303 e. The molecule has 0 bridgehead atoms. The van der Waals surface area contributed by atoms with Crippen molar-refractivity contribution in [2.75, 3.05) is 25.4 Å². The zero-order chi connectivity index (χ0) is 13.4. The number of hydrogen-bond acceptors (Lipinski definition) is 4. The maximum Gasteiger partial charge on any atom is 0.251 e. The lowest BCUT2D eigenvalue weighted by Gasteiger charge is -2.16. The van der Waals surface area contributed by atoms with Crippen molar-refractivity contribution < 1.29 is 0 Å². The Hall–Kier alpha value is -0.810. The quantitative estimate of drug-likeness (QED) is 0.580. The van der Waals surface area contributed by atoms with Crippen LogP contribution < -0.4 is 5.56 Å². The zero-order valence-corrected chi connectivity index (χ0v) is 12.3. The molecule has 0 amide bonds. The van der Waals surface area contributed by atoms with E-state index < -0.39 is 0 Å². The van der Waals surface area contributed by atoms with Crippen molar-refractivity contribution in [1.82, 2.24) is 14.9 Å². The third-order valence-electron chi connectivity index (χ3n) is 2.82. The molecular formula is C13H23N3OS. The molecule has 0 aliphatic carbocycles. The predicted molar refractivity (Wildman–Crippen MR) is 77.4 cm³/mol. The summed E-state index contributed by atoms with van der Waals surface area (Å²) in [6.45, 7) is 9.58. The first kappa shape index (κ1) is 15.2. The largest absolute Gasteiger partial charge is 0.303 e. The van der Waals surface area contributed by atoms with Gasteiger partial charge in [0.05, 0.1) is 0 Å². The summed E-state index contributed by atoms with van der Waals surface area (Å²) in [5.41, 5.74) is 0.852. The van der Waals surface area contributed by atoms with Gasteiger partial charge in [-0.05, 0) is 19.5 Å². The molecule has 0 saturated carbocycles. The van der Waals surface area contributed by atoms with Crippen molar-refractivity contribution in [2.24, 2.45) is 0 Å². The highest BCUT2D eigenvalue weighted by atomic mass is 32.2. The second kappa shape index (κ2) is 8.32. The lowest BCUT2D eigenvalue weighted by molar-refractivity contribution is 0.324. The van der Waals surface area contributed by atoms with Gasteiger partial charge < -0.3 is 9.88 Å². The number of aromatic amines is 1. The first-order chi connectivity index (χ1) is 8.69. The van der Waals surface area contributed by atoms with Crippen molar-refractivity contribution in [2.45, 2.75) is 38.8 Å². The lowest BCUT2D eigenvalue weighted by atomic mass is 10.2. The van der Waals surface area contributed by atoms with Crippen molar-refractivity contribution in [3.63, 3.8) is 0 Å². The van der Waals surface area contributed by atoms with Crippen LogP contribution in [-0.4, -0.2) is 40.3 Å². The molecule has 102 valence electrons. The second-order valence-corrected chi connectivity index (χ2v) is 5.25. The summed E-state index contributed by atoms with van der Waals surface area (Å²) in [6, 6.07) is 1.60. The summed E-state index contributed by atoms with van der Waals surface area (Å²) in [5, 5.41) is 0.748. The van der Waals surface area contributed by atoms with Gasteiger partial charge in [0.15, 0.2) is 5.16 Å². The molecule has 4 nitrogen and oxygen atoms in total. The van der Waals surface area contributed by atoms with Crippen LogP contribution in [0, 0.1) is 0 Å². The Bertz CT molecular complexity index is 401. The Morgan fingerprint density at radius 3 is 2.67 bits per heavy atom. The highest BCUT2D eigenvalue weighted by Gasteiger charge is 2.03. The normalized spacial score (nSPS) is 11.1. The molecule has 0 unspecified atom stereocenters. The molecule has 0 atom stereocenters. The number of nitrogens with zero attached hydrogens (tertiary/aromatic N) is 2. The van der Waals surface area contributed by atoms with Crippen LogP contribution in [0.1, 0.15) is 32.9 Å². The lowest BCUT2D eigenvalue weighted by Crippen LogP contribution is -2.25. The molecule has 0 radical (unpaired) electrons. The minimum absolute atomic E-state index is 0.0428. The summed E-state index contributed by atoms with van der Waals surface area (Å²) >= 11 is 1.63. The van der Waals surface area contributed by atoms with E-state index in [1.165, 1.54) is 0 Å². The molecule has 1 aromatic heterocycles. The van der Waals surface area contributed by atoms with Gasteiger partial charge >= 0.3 is 0 Å². The fourth-order valence-electron chi connectivity index (χ4n) is 1.75. The van der Waals surface area contributed by atoms with Crippen LogP contribution >= 0.6 is 11.8 Å². The van der Waals surface area contributed by atoms with Crippen molar-refractivity contribution >= 4 is 11.8 Å². The van der Waals surface area contributed by atoms with E-state index in [4.69, 9.17) is 0 Å². The third-order valence-corrected chi connectivity index (χ3v) is 3.67. The van der Waals surface area contributed by atoms with Gasteiger partial charge in [-0.3, -0.25) is 4.79 Å². The highest BCUT2D eigenvalue weighted by molar-refractivity contribution is 7.99. The van der Waals surface area contributed by atoms with Gasteiger partial charge in [0.1, 0.15) is 0 Å². The van der Waals surface area contributed by atoms with Crippen LogP contribution in [0.15, 0.2) is 16.0 Å². The minimum atomic E-state index is -0.0428. The fraction of sp³-hybridized carbons (Fsp3) is 0.692. The highest BCUT2D eigenvalue weighted by Crippen LogP contribution is 2.12. The Balaban J connectivity index is 2.53. The van der Waals surface area contributed by atoms with E-state index in [0.717, 1.165) is 49.1 Å². The number of nitrogens with one attached hydrogen (secondary N) is 1. The number of rotatable bonds is 8. The van der Waals surface area contributed by atoms with Crippen LogP contribution in [0.25, 0.3) is 0 Å². The van der Waals surface area contributed by atoms with Gasteiger partial charge in [0, 0.05) is 24.1 Å². The zero-order valence-electron chi connectivity index (χ0n) is 11.5. The Labute approximate surface area is 113 Å². The van der Waals surface area contributed by atoms with Crippen LogP contribution in [0.4, 0.5) is 0 Å². The van der Waals surface area contributed by atoms with Gasteiger partial charge in [-0.2, -0.15) is 0 Å². The van der Waals surface area contributed by atoms with E-state index in [1.807, 2.05) is 0 Å². The smallest absolute Gasteiger partial charge is 0.251 e. The molecule has 0 fully saturated rings. The van der Waals surface area contributed by atoms with Crippen LogP contribution in [0.5, 0.6) is 0 Å². The first-order valence-corrected chi connectivity index (χ1v) is 7.63. The third kappa shape index (κ3) is 5.23. The number of aromatic nitrogens is 2. The summed E-state index contributed by atoms with van der Waals surface area (Å²) in [4.78, 5) is 21.1. The SMILES string of the molecule is CCCc1cc(=O)[nH]c(SCCN(CC)CC)n1. The molecule has 0 saturated heterocycles. The molecule has 0 spiro atoms.